The molecule has 0 N–H and O–H groups in total. The van der Waals surface area contributed by atoms with Gasteiger partial charge in [-0.1, -0.05) is 48.6 Å². The van der Waals surface area contributed by atoms with Crippen LogP contribution in [0.1, 0.15) is 19.8 Å². The molecule has 0 aliphatic heterocycles. The number of hydrogen-bond donors (Lipinski definition) is 0. The van der Waals surface area contributed by atoms with Gasteiger partial charge in [0.05, 0.1) is 23.2 Å². The number of hydrogen-bond acceptors (Lipinski definition) is 3. The smallest absolute Gasteiger partial charge is 0.251 e. The summed E-state index contributed by atoms with van der Waals surface area (Å²) in [6.45, 7) is 3.32. The number of aryl methyl sites for hydroxylation is 1. The van der Waals surface area contributed by atoms with Gasteiger partial charge in [-0.15, -0.1) is 0 Å². The van der Waals surface area contributed by atoms with Crippen LogP contribution in [0.4, 0.5) is 0 Å². The van der Waals surface area contributed by atoms with Crippen LogP contribution in [0.25, 0.3) is 10.2 Å². The highest BCUT2D eigenvalue weighted by Gasteiger charge is 2.07. The van der Waals surface area contributed by atoms with E-state index in [4.69, 9.17) is 4.74 Å². The van der Waals surface area contributed by atoms with Crippen molar-refractivity contribution in [3.8, 4) is 5.75 Å². The SMILES string of the molecule is CCCn1c(=NC(=O)CCOc2ccccc2)sc2ccccc21. The molecule has 0 bridgehead atoms. The lowest BCUT2D eigenvalue weighted by atomic mass is 10.3. The van der Waals surface area contributed by atoms with Gasteiger partial charge in [0, 0.05) is 6.54 Å². The van der Waals surface area contributed by atoms with Crippen molar-refractivity contribution in [3.63, 3.8) is 0 Å². The van der Waals surface area contributed by atoms with Crippen molar-refractivity contribution in [1.82, 2.24) is 4.57 Å². The predicted molar refractivity (Wildman–Crippen MR) is 97.2 cm³/mol. The molecule has 0 aliphatic carbocycles. The number of rotatable bonds is 6. The lowest BCUT2D eigenvalue weighted by molar-refractivity contribution is -0.118. The van der Waals surface area contributed by atoms with Crippen LogP contribution < -0.4 is 9.54 Å². The molecule has 0 aliphatic rings. The van der Waals surface area contributed by atoms with Gasteiger partial charge in [-0.05, 0) is 30.7 Å². The van der Waals surface area contributed by atoms with Crippen LogP contribution in [0, 0.1) is 0 Å². The standard InChI is InChI=1S/C19H20N2O2S/c1-2-13-21-16-10-6-7-11-17(16)24-19(21)20-18(22)12-14-23-15-8-4-3-5-9-15/h3-11H,2,12-14H2,1H3. The minimum atomic E-state index is -0.151. The normalized spacial score (nSPS) is 11.8. The van der Waals surface area contributed by atoms with E-state index >= 15 is 0 Å². The summed E-state index contributed by atoms with van der Waals surface area (Å²) in [6.07, 6.45) is 1.27. The van der Waals surface area contributed by atoms with E-state index in [9.17, 15) is 4.79 Å². The Morgan fingerprint density at radius 2 is 1.88 bits per heavy atom. The molecule has 4 nitrogen and oxygen atoms in total. The molecule has 0 saturated carbocycles. The van der Waals surface area contributed by atoms with Crippen LogP contribution in [0.3, 0.4) is 0 Å². The maximum atomic E-state index is 12.2. The fourth-order valence-corrected chi connectivity index (χ4v) is 3.55. The van der Waals surface area contributed by atoms with Crippen molar-refractivity contribution in [2.24, 2.45) is 4.99 Å². The molecule has 1 heterocycles. The van der Waals surface area contributed by atoms with E-state index in [2.05, 4.69) is 28.6 Å². The van der Waals surface area contributed by atoms with Crippen LogP contribution in [-0.2, 0) is 11.3 Å². The third-order valence-corrected chi connectivity index (χ3v) is 4.64. The number of nitrogens with zero attached hydrogens (tertiary/aromatic N) is 2. The van der Waals surface area contributed by atoms with Crippen molar-refractivity contribution < 1.29 is 9.53 Å². The monoisotopic (exact) mass is 340 g/mol. The fraction of sp³-hybridized carbons (Fsp3) is 0.263. The van der Waals surface area contributed by atoms with Crippen LogP contribution >= 0.6 is 11.3 Å². The molecular formula is C19H20N2O2S. The maximum Gasteiger partial charge on any atom is 0.251 e. The molecule has 24 heavy (non-hydrogen) atoms. The Bertz CT molecular complexity index is 881. The Labute approximate surface area is 145 Å². The van der Waals surface area contributed by atoms with Gasteiger partial charge in [0.1, 0.15) is 5.75 Å². The zero-order valence-electron chi connectivity index (χ0n) is 13.6. The zero-order valence-corrected chi connectivity index (χ0v) is 14.5. The summed E-state index contributed by atoms with van der Waals surface area (Å²) in [5, 5.41) is 0. The van der Waals surface area contributed by atoms with E-state index < -0.39 is 0 Å². The first kappa shape index (κ1) is 16.5. The van der Waals surface area contributed by atoms with Crippen molar-refractivity contribution in [2.45, 2.75) is 26.3 Å². The minimum Gasteiger partial charge on any atom is -0.493 e. The lowest BCUT2D eigenvalue weighted by Crippen LogP contribution is -2.17. The number of carbonyl (C=O) groups is 1. The molecule has 0 atom stereocenters. The van der Waals surface area contributed by atoms with E-state index in [-0.39, 0.29) is 12.3 Å². The van der Waals surface area contributed by atoms with Gasteiger partial charge in [-0.25, -0.2) is 0 Å². The highest BCUT2D eigenvalue weighted by Crippen LogP contribution is 2.17. The number of aromatic nitrogens is 1. The maximum absolute atomic E-state index is 12.2. The molecule has 0 radical (unpaired) electrons. The summed E-state index contributed by atoms with van der Waals surface area (Å²) in [5.74, 6) is 0.621. The van der Waals surface area contributed by atoms with Crippen molar-refractivity contribution in [3.05, 3.63) is 59.4 Å². The van der Waals surface area contributed by atoms with E-state index in [0.717, 1.165) is 33.7 Å². The Balaban J connectivity index is 1.74. The summed E-state index contributed by atoms with van der Waals surface area (Å²) in [7, 11) is 0. The molecule has 1 amide bonds. The molecule has 0 saturated heterocycles. The van der Waals surface area contributed by atoms with Crippen molar-refractivity contribution in [2.75, 3.05) is 6.61 Å². The summed E-state index contributed by atoms with van der Waals surface area (Å²) in [4.78, 5) is 17.3. The van der Waals surface area contributed by atoms with Crippen LogP contribution in [0.2, 0.25) is 0 Å². The zero-order chi connectivity index (χ0) is 16.8. The third-order valence-electron chi connectivity index (χ3n) is 3.58. The highest BCUT2D eigenvalue weighted by molar-refractivity contribution is 7.16. The average Bonchev–Trinajstić information content (AvgIpc) is 2.94. The Morgan fingerprint density at radius 1 is 1.12 bits per heavy atom. The quantitative estimate of drug-likeness (QED) is 0.680. The van der Waals surface area contributed by atoms with Gasteiger partial charge < -0.3 is 9.30 Å². The summed E-state index contributed by atoms with van der Waals surface area (Å²) in [6, 6.07) is 17.7. The van der Waals surface area contributed by atoms with Crippen LogP contribution in [-0.4, -0.2) is 17.1 Å². The number of carbonyl (C=O) groups excluding carboxylic acids is 1. The Kier molecular flexibility index (Phi) is 5.43. The summed E-state index contributed by atoms with van der Waals surface area (Å²) in [5.41, 5.74) is 1.14. The van der Waals surface area contributed by atoms with Gasteiger partial charge in [-0.2, -0.15) is 4.99 Å². The molecule has 124 valence electrons. The molecule has 3 aromatic rings. The minimum absolute atomic E-state index is 0.151. The average molecular weight is 340 g/mol. The van der Waals surface area contributed by atoms with Crippen molar-refractivity contribution >= 4 is 27.5 Å². The Hall–Kier alpha value is -2.40. The molecule has 3 rings (SSSR count). The first-order valence-corrected chi connectivity index (χ1v) is 8.93. The molecule has 1 aromatic heterocycles. The fourth-order valence-electron chi connectivity index (χ4n) is 2.48. The molecule has 5 heteroatoms. The lowest BCUT2D eigenvalue weighted by Gasteiger charge is -2.04. The number of para-hydroxylation sites is 2. The number of benzene rings is 2. The molecule has 0 fully saturated rings. The van der Waals surface area contributed by atoms with Gasteiger partial charge in [-0.3, -0.25) is 4.79 Å². The number of ether oxygens (including phenoxy) is 1. The van der Waals surface area contributed by atoms with E-state index in [1.807, 2.05) is 42.5 Å². The molecular weight excluding hydrogens is 320 g/mol. The van der Waals surface area contributed by atoms with E-state index in [0.29, 0.717) is 6.61 Å². The third kappa shape index (κ3) is 3.92. The molecule has 0 spiro atoms. The largest absolute Gasteiger partial charge is 0.493 e. The summed E-state index contributed by atoms with van der Waals surface area (Å²) < 4.78 is 8.84. The molecule has 0 unspecified atom stereocenters. The van der Waals surface area contributed by atoms with Gasteiger partial charge in [0.15, 0.2) is 4.80 Å². The first-order chi connectivity index (χ1) is 11.8. The summed E-state index contributed by atoms with van der Waals surface area (Å²) >= 11 is 1.56. The molecule has 2 aromatic carbocycles. The van der Waals surface area contributed by atoms with Gasteiger partial charge in [0.25, 0.3) is 5.91 Å². The highest BCUT2D eigenvalue weighted by atomic mass is 32.1. The van der Waals surface area contributed by atoms with Crippen molar-refractivity contribution in [1.29, 1.82) is 0 Å². The van der Waals surface area contributed by atoms with Gasteiger partial charge >= 0.3 is 0 Å². The first-order valence-electron chi connectivity index (χ1n) is 8.11. The Morgan fingerprint density at radius 3 is 2.67 bits per heavy atom. The number of fused-ring (bicyclic) bond motifs is 1. The van der Waals surface area contributed by atoms with Crippen LogP contribution in [0.15, 0.2) is 59.6 Å². The van der Waals surface area contributed by atoms with E-state index in [1.165, 1.54) is 0 Å². The van der Waals surface area contributed by atoms with Crippen LogP contribution in [0.5, 0.6) is 5.75 Å². The second-order valence-electron chi connectivity index (χ2n) is 5.42. The predicted octanol–water partition coefficient (Wildman–Crippen LogP) is 4.01. The number of amides is 1. The second-order valence-corrected chi connectivity index (χ2v) is 6.43. The second kappa shape index (κ2) is 7.93. The topological polar surface area (TPSA) is 43.6 Å². The van der Waals surface area contributed by atoms with E-state index in [1.54, 1.807) is 11.3 Å². The van der Waals surface area contributed by atoms with Gasteiger partial charge in [0.2, 0.25) is 0 Å². The number of thiazole rings is 1.